The molecule has 15 heavy (non-hydrogen) atoms. The first kappa shape index (κ1) is 11.7. The first-order valence-electron chi connectivity index (χ1n) is 4.82. The molecule has 0 atom stereocenters. The molecule has 0 aliphatic heterocycles. The van der Waals surface area contributed by atoms with Gasteiger partial charge in [-0.3, -0.25) is 4.79 Å². The average molecular weight is 209 g/mol. The molecule has 0 saturated heterocycles. The molecule has 1 aromatic rings. The SMILES string of the molecule is NCCOCCOc1ccc(C=O)cc1. The summed E-state index contributed by atoms with van der Waals surface area (Å²) in [6.45, 7) is 2.08. The molecule has 4 heteroatoms. The van der Waals surface area contributed by atoms with Crippen LogP contribution in [-0.2, 0) is 4.74 Å². The number of rotatable bonds is 7. The highest BCUT2D eigenvalue weighted by Gasteiger charge is 1.94. The van der Waals surface area contributed by atoms with Gasteiger partial charge in [-0.15, -0.1) is 0 Å². The van der Waals surface area contributed by atoms with Crippen LogP contribution in [0.4, 0.5) is 0 Å². The quantitative estimate of drug-likeness (QED) is 0.534. The topological polar surface area (TPSA) is 61.6 Å². The van der Waals surface area contributed by atoms with Crippen molar-refractivity contribution in [3.8, 4) is 5.75 Å². The summed E-state index contributed by atoms with van der Waals surface area (Å²) in [5.41, 5.74) is 5.90. The molecule has 0 saturated carbocycles. The highest BCUT2D eigenvalue weighted by molar-refractivity contribution is 5.74. The second-order valence-corrected chi connectivity index (χ2v) is 2.94. The maximum absolute atomic E-state index is 10.4. The Kier molecular flexibility index (Phi) is 5.43. The van der Waals surface area contributed by atoms with Gasteiger partial charge in [0.15, 0.2) is 0 Å². The van der Waals surface area contributed by atoms with Crippen molar-refractivity contribution in [1.29, 1.82) is 0 Å². The molecule has 82 valence electrons. The molecule has 0 bridgehead atoms. The number of carbonyl (C=O) groups is 1. The van der Waals surface area contributed by atoms with Crippen LogP contribution in [0, 0.1) is 0 Å². The van der Waals surface area contributed by atoms with Crippen LogP contribution in [0.1, 0.15) is 10.4 Å². The van der Waals surface area contributed by atoms with Gasteiger partial charge in [0.1, 0.15) is 18.6 Å². The second-order valence-electron chi connectivity index (χ2n) is 2.94. The Bertz CT molecular complexity index is 284. The van der Waals surface area contributed by atoms with Gasteiger partial charge >= 0.3 is 0 Å². The van der Waals surface area contributed by atoms with Crippen molar-refractivity contribution >= 4 is 6.29 Å². The predicted molar refractivity (Wildman–Crippen MR) is 57.2 cm³/mol. The molecule has 0 aromatic heterocycles. The van der Waals surface area contributed by atoms with Crippen LogP contribution < -0.4 is 10.5 Å². The molecule has 0 amide bonds. The van der Waals surface area contributed by atoms with Crippen molar-refractivity contribution in [3.63, 3.8) is 0 Å². The third-order valence-electron chi connectivity index (χ3n) is 1.77. The van der Waals surface area contributed by atoms with Gasteiger partial charge < -0.3 is 15.2 Å². The summed E-state index contributed by atoms with van der Waals surface area (Å²) in [5.74, 6) is 0.733. The minimum absolute atomic E-state index is 0.487. The van der Waals surface area contributed by atoms with Gasteiger partial charge in [0, 0.05) is 12.1 Å². The molecular formula is C11H15NO3. The standard InChI is InChI=1S/C11H15NO3/c12-5-6-14-7-8-15-11-3-1-10(9-13)2-4-11/h1-4,9H,5-8,12H2. The van der Waals surface area contributed by atoms with E-state index in [1.54, 1.807) is 24.3 Å². The zero-order valence-electron chi connectivity index (χ0n) is 8.52. The summed E-state index contributed by atoms with van der Waals surface area (Å²) in [5, 5.41) is 0. The van der Waals surface area contributed by atoms with E-state index in [1.807, 2.05) is 0 Å². The van der Waals surface area contributed by atoms with E-state index in [9.17, 15) is 4.79 Å². The Morgan fingerprint density at radius 1 is 1.13 bits per heavy atom. The van der Waals surface area contributed by atoms with E-state index in [0.29, 0.717) is 31.9 Å². The maximum atomic E-state index is 10.4. The molecule has 2 N–H and O–H groups in total. The van der Waals surface area contributed by atoms with Gasteiger partial charge in [-0.1, -0.05) is 0 Å². The van der Waals surface area contributed by atoms with Crippen molar-refractivity contribution in [2.45, 2.75) is 0 Å². The molecule has 0 spiro atoms. The van der Waals surface area contributed by atoms with E-state index in [2.05, 4.69) is 0 Å². The van der Waals surface area contributed by atoms with E-state index in [-0.39, 0.29) is 0 Å². The van der Waals surface area contributed by atoms with E-state index >= 15 is 0 Å². The molecule has 0 aliphatic rings. The average Bonchev–Trinajstić information content (AvgIpc) is 2.30. The highest BCUT2D eigenvalue weighted by atomic mass is 16.5. The third kappa shape index (κ3) is 4.58. The highest BCUT2D eigenvalue weighted by Crippen LogP contribution is 2.10. The van der Waals surface area contributed by atoms with Gasteiger partial charge in [0.05, 0.1) is 13.2 Å². The van der Waals surface area contributed by atoms with Crippen molar-refractivity contribution in [1.82, 2.24) is 0 Å². The van der Waals surface area contributed by atoms with Gasteiger partial charge in [-0.2, -0.15) is 0 Å². The summed E-state index contributed by atoms with van der Waals surface area (Å²) in [6.07, 6.45) is 0.800. The molecule has 1 rings (SSSR count). The van der Waals surface area contributed by atoms with Gasteiger partial charge in [0.25, 0.3) is 0 Å². The molecule has 0 fully saturated rings. The summed E-state index contributed by atoms with van der Waals surface area (Å²) < 4.78 is 10.5. The normalized spacial score (nSPS) is 9.93. The minimum Gasteiger partial charge on any atom is -0.491 e. The van der Waals surface area contributed by atoms with E-state index < -0.39 is 0 Å². The first-order chi connectivity index (χ1) is 7.36. The Morgan fingerprint density at radius 3 is 2.47 bits per heavy atom. The lowest BCUT2D eigenvalue weighted by molar-refractivity contribution is 0.106. The van der Waals surface area contributed by atoms with Crippen LogP contribution in [0.15, 0.2) is 24.3 Å². The molecule has 0 radical (unpaired) electrons. The Morgan fingerprint density at radius 2 is 1.87 bits per heavy atom. The van der Waals surface area contributed by atoms with E-state index in [4.69, 9.17) is 15.2 Å². The largest absolute Gasteiger partial charge is 0.491 e. The smallest absolute Gasteiger partial charge is 0.150 e. The van der Waals surface area contributed by atoms with E-state index in [1.165, 1.54) is 0 Å². The molecule has 1 aromatic carbocycles. The van der Waals surface area contributed by atoms with Crippen LogP contribution in [0.25, 0.3) is 0 Å². The zero-order chi connectivity index (χ0) is 10.9. The van der Waals surface area contributed by atoms with Crippen LogP contribution in [0.2, 0.25) is 0 Å². The molecule has 0 heterocycles. The number of ether oxygens (including phenoxy) is 2. The fraction of sp³-hybridized carbons (Fsp3) is 0.364. The fourth-order valence-corrected chi connectivity index (χ4v) is 1.05. The molecule has 0 aliphatic carbocycles. The first-order valence-corrected chi connectivity index (χ1v) is 4.82. The van der Waals surface area contributed by atoms with Crippen molar-refractivity contribution in [3.05, 3.63) is 29.8 Å². The Balaban J connectivity index is 2.22. The third-order valence-corrected chi connectivity index (χ3v) is 1.77. The lowest BCUT2D eigenvalue weighted by Gasteiger charge is -2.06. The lowest BCUT2D eigenvalue weighted by Crippen LogP contribution is -2.13. The molecule has 0 unspecified atom stereocenters. The van der Waals surface area contributed by atoms with Gasteiger partial charge in [0.2, 0.25) is 0 Å². The van der Waals surface area contributed by atoms with Crippen LogP contribution >= 0.6 is 0 Å². The summed E-state index contributed by atoms with van der Waals surface area (Å²) in [6, 6.07) is 6.94. The van der Waals surface area contributed by atoms with Gasteiger partial charge in [-0.05, 0) is 24.3 Å². The second kappa shape index (κ2) is 6.98. The Labute approximate surface area is 89.0 Å². The Hall–Kier alpha value is -1.39. The summed E-state index contributed by atoms with van der Waals surface area (Å²) >= 11 is 0. The van der Waals surface area contributed by atoms with Crippen LogP contribution in [0.3, 0.4) is 0 Å². The van der Waals surface area contributed by atoms with Crippen LogP contribution in [-0.4, -0.2) is 32.7 Å². The van der Waals surface area contributed by atoms with Crippen LogP contribution in [0.5, 0.6) is 5.75 Å². The number of aldehydes is 1. The molecule has 4 nitrogen and oxygen atoms in total. The number of nitrogens with two attached hydrogens (primary N) is 1. The number of benzene rings is 1. The number of hydrogen-bond donors (Lipinski definition) is 1. The number of carbonyl (C=O) groups excluding carboxylic acids is 1. The fourth-order valence-electron chi connectivity index (χ4n) is 1.05. The monoisotopic (exact) mass is 209 g/mol. The van der Waals surface area contributed by atoms with Crippen molar-refractivity contribution in [2.24, 2.45) is 5.73 Å². The summed E-state index contributed by atoms with van der Waals surface area (Å²) in [4.78, 5) is 10.4. The summed E-state index contributed by atoms with van der Waals surface area (Å²) in [7, 11) is 0. The van der Waals surface area contributed by atoms with Crippen molar-refractivity contribution in [2.75, 3.05) is 26.4 Å². The van der Waals surface area contributed by atoms with Gasteiger partial charge in [-0.25, -0.2) is 0 Å². The van der Waals surface area contributed by atoms with Crippen molar-refractivity contribution < 1.29 is 14.3 Å². The maximum Gasteiger partial charge on any atom is 0.150 e. The predicted octanol–water partition coefficient (Wildman–Crippen LogP) is 0.853. The minimum atomic E-state index is 0.487. The lowest BCUT2D eigenvalue weighted by atomic mass is 10.2. The zero-order valence-corrected chi connectivity index (χ0v) is 8.52. The molecular weight excluding hydrogens is 194 g/mol. The van der Waals surface area contributed by atoms with E-state index in [0.717, 1.165) is 12.0 Å². The number of hydrogen-bond acceptors (Lipinski definition) is 4.